The highest BCUT2D eigenvalue weighted by atomic mass is 79.9. The maximum absolute atomic E-state index is 12.3. The van der Waals surface area contributed by atoms with Crippen LogP contribution < -0.4 is 0 Å². The Kier molecular flexibility index (Phi) is 5.81. The van der Waals surface area contributed by atoms with Gasteiger partial charge in [-0.1, -0.05) is 15.9 Å². The molecule has 0 radical (unpaired) electrons. The highest BCUT2D eigenvalue weighted by molar-refractivity contribution is 9.10. The Bertz CT molecular complexity index is 591. The molecule has 0 aromatic heterocycles. The molecular weight excluding hydrogens is 364 g/mol. The molecule has 0 unspecified atom stereocenters. The van der Waals surface area contributed by atoms with E-state index in [2.05, 4.69) is 15.9 Å². The molecule has 5 nitrogen and oxygen atoms in total. The predicted octanol–water partition coefficient (Wildman–Crippen LogP) is 3.44. The van der Waals surface area contributed by atoms with E-state index in [1.807, 2.05) is 0 Å². The Hall–Kier alpha value is -1.40. The third kappa shape index (κ3) is 4.32. The SMILES string of the molecule is CC(C)OC(=O)c1ccc(Br)cc1CC1(C(=O)O)CCOCC1. The summed E-state index contributed by atoms with van der Waals surface area (Å²) in [5, 5.41) is 9.71. The van der Waals surface area contributed by atoms with Gasteiger partial charge < -0.3 is 14.6 Å². The van der Waals surface area contributed by atoms with Crippen LogP contribution in [0.1, 0.15) is 42.6 Å². The van der Waals surface area contributed by atoms with E-state index >= 15 is 0 Å². The summed E-state index contributed by atoms with van der Waals surface area (Å²) in [5.74, 6) is -1.26. The topological polar surface area (TPSA) is 72.8 Å². The van der Waals surface area contributed by atoms with Crippen LogP contribution in [0, 0.1) is 5.41 Å². The van der Waals surface area contributed by atoms with E-state index in [9.17, 15) is 14.7 Å². The number of rotatable bonds is 5. The number of hydrogen-bond donors (Lipinski definition) is 1. The molecule has 0 spiro atoms. The minimum absolute atomic E-state index is 0.226. The smallest absolute Gasteiger partial charge is 0.338 e. The van der Waals surface area contributed by atoms with Gasteiger partial charge in [-0.05, 0) is 56.9 Å². The predicted molar refractivity (Wildman–Crippen MR) is 88.5 cm³/mol. The van der Waals surface area contributed by atoms with Gasteiger partial charge in [0.05, 0.1) is 17.1 Å². The lowest BCUT2D eigenvalue weighted by Gasteiger charge is -2.33. The first-order chi connectivity index (χ1) is 10.8. The van der Waals surface area contributed by atoms with Gasteiger partial charge in [-0.25, -0.2) is 4.79 Å². The Morgan fingerprint density at radius 1 is 1.35 bits per heavy atom. The van der Waals surface area contributed by atoms with Gasteiger partial charge in [0.15, 0.2) is 0 Å². The molecule has 1 aromatic carbocycles. The summed E-state index contributed by atoms with van der Waals surface area (Å²) >= 11 is 3.39. The van der Waals surface area contributed by atoms with Gasteiger partial charge in [0.25, 0.3) is 0 Å². The molecule has 1 saturated heterocycles. The summed E-state index contributed by atoms with van der Waals surface area (Å²) in [7, 11) is 0. The number of aliphatic carboxylic acids is 1. The van der Waals surface area contributed by atoms with Gasteiger partial charge >= 0.3 is 11.9 Å². The highest BCUT2D eigenvalue weighted by Gasteiger charge is 2.41. The van der Waals surface area contributed by atoms with Crippen molar-refractivity contribution in [1.82, 2.24) is 0 Å². The minimum Gasteiger partial charge on any atom is -0.481 e. The van der Waals surface area contributed by atoms with E-state index in [1.54, 1.807) is 32.0 Å². The Labute approximate surface area is 144 Å². The van der Waals surface area contributed by atoms with Crippen molar-refractivity contribution in [3.8, 4) is 0 Å². The Morgan fingerprint density at radius 2 is 2.00 bits per heavy atom. The number of carboxylic acids is 1. The van der Waals surface area contributed by atoms with Crippen molar-refractivity contribution in [1.29, 1.82) is 0 Å². The molecule has 0 atom stereocenters. The Morgan fingerprint density at radius 3 is 2.57 bits per heavy atom. The second-order valence-corrected chi connectivity index (χ2v) is 7.05. The van der Waals surface area contributed by atoms with E-state index in [1.165, 1.54) is 0 Å². The molecule has 23 heavy (non-hydrogen) atoms. The second-order valence-electron chi connectivity index (χ2n) is 6.13. The van der Waals surface area contributed by atoms with E-state index in [-0.39, 0.29) is 12.5 Å². The van der Waals surface area contributed by atoms with E-state index in [4.69, 9.17) is 9.47 Å². The van der Waals surface area contributed by atoms with Crippen molar-refractivity contribution in [2.75, 3.05) is 13.2 Å². The largest absolute Gasteiger partial charge is 0.481 e. The molecule has 0 bridgehead atoms. The van der Waals surface area contributed by atoms with Crippen molar-refractivity contribution in [2.45, 2.75) is 39.2 Å². The molecule has 1 N–H and O–H groups in total. The van der Waals surface area contributed by atoms with Crippen LogP contribution in [0.4, 0.5) is 0 Å². The second kappa shape index (κ2) is 7.45. The lowest BCUT2D eigenvalue weighted by Crippen LogP contribution is -2.39. The van der Waals surface area contributed by atoms with Crippen LogP contribution in [-0.2, 0) is 20.7 Å². The normalized spacial score (nSPS) is 17.0. The lowest BCUT2D eigenvalue weighted by molar-refractivity contribution is -0.154. The average molecular weight is 385 g/mol. The van der Waals surface area contributed by atoms with E-state index < -0.39 is 17.4 Å². The fraction of sp³-hybridized carbons (Fsp3) is 0.529. The number of ether oxygens (including phenoxy) is 2. The standard InChI is InChI=1S/C17H21BrO5/c1-11(2)23-15(19)14-4-3-13(18)9-12(14)10-17(16(20)21)5-7-22-8-6-17/h3-4,9,11H,5-8,10H2,1-2H3,(H,20,21). The number of carbonyl (C=O) groups is 2. The number of carbonyl (C=O) groups excluding carboxylic acids is 1. The van der Waals surface area contributed by atoms with Crippen LogP contribution in [0.5, 0.6) is 0 Å². The van der Waals surface area contributed by atoms with Gasteiger partial charge in [-0.15, -0.1) is 0 Å². The van der Waals surface area contributed by atoms with Crippen molar-refractivity contribution in [3.63, 3.8) is 0 Å². The Balaban J connectivity index is 2.35. The minimum atomic E-state index is -0.897. The monoisotopic (exact) mass is 384 g/mol. The molecule has 2 rings (SSSR count). The molecule has 0 amide bonds. The summed E-state index contributed by atoms with van der Waals surface area (Å²) < 4.78 is 11.4. The van der Waals surface area contributed by atoms with Gasteiger partial charge in [0, 0.05) is 17.7 Å². The highest BCUT2D eigenvalue weighted by Crippen LogP contribution is 2.36. The lowest BCUT2D eigenvalue weighted by atomic mass is 9.74. The van der Waals surface area contributed by atoms with Crippen LogP contribution in [0.15, 0.2) is 22.7 Å². The first kappa shape index (κ1) is 17.9. The quantitative estimate of drug-likeness (QED) is 0.787. The van der Waals surface area contributed by atoms with E-state index in [0.717, 1.165) is 4.47 Å². The number of esters is 1. The third-order valence-corrected chi connectivity index (χ3v) is 4.56. The number of benzene rings is 1. The van der Waals surface area contributed by atoms with Crippen molar-refractivity contribution in [2.24, 2.45) is 5.41 Å². The zero-order valence-electron chi connectivity index (χ0n) is 13.3. The number of carboxylic acid groups (broad SMARTS) is 1. The summed E-state index contributed by atoms with van der Waals surface area (Å²) in [4.78, 5) is 24.1. The van der Waals surface area contributed by atoms with Crippen LogP contribution in [0.25, 0.3) is 0 Å². The third-order valence-electron chi connectivity index (χ3n) is 4.06. The first-order valence-electron chi connectivity index (χ1n) is 7.64. The van der Waals surface area contributed by atoms with E-state index in [0.29, 0.717) is 37.2 Å². The van der Waals surface area contributed by atoms with Crippen molar-refractivity contribution in [3.05, 3.63) is 33.8 Å². The first-order valence-corrected chi connectivity index (χ1v) is 8.44. The number of halogens is 1. The molecule has 0 saturated carbocycles. The summed E-state index contributed by atoms with van der Waals surface area (Å²) in [6.45, 7) is 4.42. The van der Waals surface area contributed by atoms with Crippen LogP contribution >= 0.6 is 15.9 Å². The fourth-order valence-corrected chi connectivity index (χ4v) is 3.19. The molecule has 6 heteroatoms. The molecule has 1 aromatic rings. The van der Waals surface area contributed by atoms with Crippen molar-refractivity contribution >= 4 is 27.9 Å². The zero-order valence-corrected chi connectivity index (χ0v) is 14.9. The summed E-state index contributed by atoms with van der Waals surface area (Å²) in [5.41, 5.74) is 0.217. The molecular formula is C17H21BrO5. The molecule has 1 aliphatic heterocycles. The maximum atomic E-state index is 12.3. The number of hydrogen-bond acceptors (Lipinski definition) is 4. The zero-order chi connectivity index (χ0) is 17.0. The summed E-state index contributed by atoms with van der Waals surface area (Å²) in [6.07, 6.45) is 0.935. The van der Waals surface area contributed by atoms with Crippen LogP contribution in [0.3, 0.4) is 0 Å². The molecule has 1 aliphatic rings. The van der Waals surface area contributed by atoms with Crippen LogP contribution in [0.2, 0.25) is 0 Å². The van der Waals surface area contributed by atoms with Gasteiger partial charge in [-0.3, -0.25) is 4.79 Å². The molecule has 1 heterocycles. The fourth-order valence-electron chi connectivity index (χ4n) is 2.78. The average Bonchev–Trinajstić information content (AvgIpc) is 2.47. The maximum Gasteiger partial charge on any atom is 0.338 e. The van der Waals surface area contributed by atoms with Gasteiger partial charge in [-0.2, -0.15) is 0 Å². The van der Waals surface area contributed by atoms with Gasteiger partial charge in [0.2, 0.25) is 0 Å². The van der Waals surface area contributed by atoms with Gasteiger partial charge in [0.1, 0.15) is 0 Å². The molecule has 126 valence electrons. The summed E-state index contributed by atoms with van der Waals surface area (Å²) in [6, 6.07) is 5.24. The molecule has 0 aliphatic carbocycles. The van der Waals surface area contributed by atoms with Crippen LogP contribution in [-0.4, -0.2) is 36.4 Å². The molecule has 1 fully saturated rings. The van der Waals surface area contributed by atoms with Crippen molar-refractivity contribution < 1.29 is 24.2 Å².